The second-order valence-electron chi connectivity index (χ2n) is 6.49. The van der Waals surface area contributed by atoms with Crippen LogP contribution in [-0.2, 0) is 13.2 Å². The molecule has 1 saturated heterocycles. The Kier molecular flexibility index (Phi) is 4.92. The van der Waals surface area contributed by atoms with Gasteiger partial charge in [0.15, 0.2) is 0 Å². The predicted molar refractivity (Wildman–Crippen MR) is 99.2 cm³/mol. The van der Waals surface area contributed by atoms with Crippen LogP contribution >= 0.6 is 11.3 Å². The number of nitrogens with zero attached hydrogens (tertiary/aromatic N) is 4. The van der Waals surface area contributed by atoms with E-state index in [1.807, 2.05) is 22.2 Å². The van der Waals surface area contributed by atoms with E-state index < -0.39 is 0 Å². The Labute approximate surface area is 151 Å². The Hall–Kier alpha value is -2.02. The molecule has 5 nitrogen and oxygen atoms in total. The van der Waals surface area contributed by atoms with Gasteiger partial charge in [0.1, 0.15) is 5.69 Å². The molecular weight excluding hydrogens is 332 g/mol. The third-order valence-electron chi connectivity index (χ3n) is 4.75. The third-order valence-corrected chi connectivity index (χ3v) is 5.87. The molecule has 4 rings (SSSR count). The molecule has 0 saturated carbocycles. The number of aliphatic hydroxyl groups excluding tert-OH is 1. The molecule has 1 N–H and O–H groups in total. The van der Waals surface area contributed by atoms with Crippen molar-refractivity contribution in [3.8, 4) is 10.4 Å². The highest BCUT2D eigenvalue weighted by Crippen LogP contribution is 2.30. The summed E-state index contributed by atoms with van der Waals surface area (Å²) in [6.45, 7) is 3.11. The summed E-state index contributed by atoms with van der Waals surface area (Å²) >= 11 is 1.89. The van der Waals surface area contributed by atoms with Crippen molar-refractivity contribution >= 4 is 11.3 Å². The van der Waals surface area contributed by atoms with Gasteiger partial charge in [-0.15, -0.1) is 16.4 Å². The molecule has 1 aromatic carbocycles. The molecule has 1 fully saturated rings. The van der Waals surface area contributed by atoms with Crippen molar-refractivity contribution in [2.75, 3.05) is 13.1 Å². The van der Waals surface area contributed by atoms with Gasteiger partial charge in [-0.05, 0) is 30.5 Å². The summed E-state index contributed by atoms with van der Waals surface area (Å²) in [5.41, 5.74) is 1.94. The molecule has 130 valence electrons. The van der Waals surface area contributed by atoms with Crippen LogP contribution in [0.2, 0.25) is 0 Å². The number of likely N-dealkylation sites (tertiary alicyclic amines) is 1. The van der Waals surface area contributed by atoms with Crippen LogP contribution in [0.1, 0.15) is 29.5 Å². The molecule has 0 unspecified atom stereocenters. The van der Waals surface area contributed by atoms with E-state index >= 15 is 0 Å². The zero-order valence-electron chi connectivity index (χ0n) is 14.1. The largest absolute Gasteiger partial charge is 0.390 e. The van der Waals surface area contributed by atoms with Crippen molar-refractivity contribution in [2.24, 2.45) is 0 Å². The summed E-state index contributed by atoms with van der Waals surface area (Å²) in [7, 11) is 0. The summed E-state index contributed by atoms with van der Waals surface area (Å²) < 4.78 is 1.92. The molecule has 1 aliphatic rings. The van der Waals surface area contributed by atoms with E-state index in [-0.39, 0.29) is 6.61 Å². The highest BCUT2D eigenvalue weighted by molar-refractivity contribution is 7.15. The lowest BCUT2D eigenvalue weighted by atomic mass is 10.1. The molecule has 2 aromatic heterocycles. The molecule has 0 radical (unpaired) electrons. The Bertz CT molecular complexity index is 806. The van der Waals surface area contributed by atoms with Crippen LogP contribution in [0, 0.1) is 0 Å². The highest BCUT2D eigenvalue weighted by atomic mass is 32.1. The van der Waals surface area contributed by atoms with Crippen LogP contribution in [0.4, 0.5) is 0 Å². The summed E-state index contributed by atoms with van der Waals surface area (Å²) in [6, 6.07) is 15.4. The van der Waals surface area contributed by atoms with E-state index in [4.69, 9.17) is 5.11 Å². The van der Waals surface area contributed by atoms with Crippen LogP contribution < -0.4 is 0 Å². The first-order valence-corrected chi connectivity index (χ1v) is 9.51. The first kappa shape index (κ1) is 16.4. The summed E-state index contributed by atoms with van der Waals surface area (Å²) in [4.78, 5) is 5.27. The van der Waals surface area contributed by atoms with Gasteiger partial charge in [-0.1, -0.05) is 35.5 Å². The smallest absolute Gasteiger partial charge is 0.108 e. The molecule has 0 aliphatic carbocycles. The van der Waals surface area contributed by atoms with Gasteiger partial charge in [0.2, 0.25) is 0 Å². The number of thiophene rings is 1. The maximum atomic E-state index is 9.12. The van der Waals surface area contributed by atoms with Crippen molar-refractivity contribution in [3.05, 3.63) is 59.2 Å². The van der Waals surface area contributed by atoms with Crippen molar-refractivity contribution < 1.29 is 5.11 Å². The van der Waals surface area contributed by atoms with Crippen LogP contribution in [0.25, 0.3) is 10.4 Å². The Balaban J connectivity index is 1.34. The summed E-state index contributed by atoms with van der Waals surface area (Å²) in [5, 5.41) is 17.2. The second kappa shape index (κ2) is 7.47. The average Bonchev–Trinajstić information content (AvgIpc) is 3.33. The number of hydrogen-bond acceptors (Lipinski definition) is 5. The predicted octanol–water partition coefficient (Wildman–Crippen LogP) is 3.34. The molecule has 3 aromatic rings. The van der Waals surface area contributed by atoms with Gasteiger partial charge in [-0.25, -0.2) is 4.68 Å². The standard InChI is InChI=1S/C19H22N4OS/c24-14-16-12-23(21-20-16)17-8-10-22(11-9-17)13-18-6-7-19(25-18)15-4-2-1-3-5-15/h1-7,12,17,24H,8-11,13-14H2. The zero-order chi connectivity index (χ0) is 17.1. The molecule has 6 heteroatoms. The van der Waals surface area contributed by atoms with Crippen molar-refractivity contribution in [3.63, 3.8) is 0 Å². The lowest BCUT2D eigenvalue weighted by Gasteiger charge is -2.31. The molecule has 3 heterocycles. The lowest BCUT2D eigenvalue weighted by molar-refractivity contribution is 0.173. The number of benzene rings is 1. The first-order chi connectivity index (χ1) is 12.3. The van der Waals surface area contributed by atoms with Gasteiger partial charge in [0, 0.05) is 29.4 Å². The maximum absolute atomic E-state index is 9.12. The number of piperidine rings is 1. The Morgan fingerprint density at radius 3 is 2.60 bits per heavy atom. The molecule has 1 aliphatic heterocycles. The van der Waals surface area contributed by atoms with Crippen LogP contribution in [0.3, 0.4) is 0 Å². The van der Waals surface area contributed by atoms with E-state index in [0.29, 0.717) is 11.7 Å². The summed E-state index contributed by atoms with van der Waals surface area (Å²) in [5.74, 6) is 0. The van der Waals surface area contributed by atoms with Gasteiger partial charge in [-0.2, -0.15) is 0 Å². The van der Waals surface area contributed by atoms with E-state index in [0.717, 1.165) is 32.5 Å². The number of aliphatic hydroxyl groups is 1. The third kappa shape index (κ3) is 3.81. The monoisotopic (exact) mass is 354 g/mol. The fourth-order valence-corrected chi connectivity index (χ4v) is 4.40. The van der Waals surface area contributed by atoms with Gasteiger partial charge in [-0.3, -0.25) is 4.90 Å². The van der Waals surface area contributed by atoms with Gasteiger partial charge in [0.05, 0.1) is 18.8 Å². The average molecular weight is 354 g/mol. The molecule has 0 bridgehead atoms. The zero-order valence-corrected chi connectivity index (χ0v) is 14.9. The topological polar surface area (TPSA) is 54.2 Å². The van der Waals surface area contributed by atoms with E-state index in [9.17, 15) is 0 Å². The van der Waals surface area contributed by atoms with Gasteiger partial charge < -0.3 is 5.11 Å². The molecule has 25 heavy (non-hydrogen) atoms. The molecule has 0 amide bonds. The highest BCUT2D eigenvalue weighted by Gasteiger charge is 2.22. The van der Waals surface area contributed by atoms with E-state index in [1.165, 1.54) is 15.3 Å². The van der Waals surface area contributed by atoms with Crippen LogP contribution in [-0.4, -0.2) is 38.1 Å². The number of aromatic nitrogens is 3. The van der Waals surface area contributed by atoms with Gasteiger partial charge >= 0.3 is 0 Å². The number of hydrogen-bond donors (Lipinski definition) is 1. The normalized spacial score (nSPS) is 16.4. The Morgan fingerprint density at radius 1 is 1.08 bits per heavy atom. The molecular formula is C19H22N4OS. The van der Waals surface area contributed by atoms with E-state index in [2.05, 4.69) is 57.7 Å². The lowest BCUT2D eigenvalue weighted by Crippen LogP contribution is -2.34. The van der Waals surface area contributed by atoms with Crippen molar-refractivity contribution in [1.29, 1.82) is 0 Å². The number of rotatable bonds is 5. The second-order valence-corrected chi connectivity index (χ2v) is 7.66. The SMILES string of the molecule is OCc1cn(C2CCN(Cc3ccc(-c4ccccc4)s3)CC2)nn1. The Morgan fingerprint density at radius 2 is 1.88 bits per heavy atom. The van der Waals surface area contributed by atoms with Gasteiger partial charge in [0.25, 0.3) is 0 Å². The van der Waals surface area contributed by atoms with E-state index in [1.54, 1.807) is 0 Å². The minimum absolute atomic E-state index is 0.0407. The fraction of sp³-hybridized carbons (Fsp3) is 0.368. The van der Waals surface area contributed by atoms with Crippen LogP contribution in [0.5, 0.6) is 0 Å². The summed E-state index contributed by atoms with van der Waals surface area (Å²) in [6.07, 6.45) is 4.02. The van der Waals surface area contributed by atoms with Crippen molar-refractivity contribution in [1.82, 2.24) is 19.9 Å². The minimum Gasteiger partial charge on any atom is -0.390 e. The molecule has 0 spiro atoms. The minimum atomic E-state index is -0.0407. The maximum Gasteiger partial charge on any atom is 0.108 e. The molecule has 0 atom stereocenters. The fourth-order valence-electron chi connectivity index (χ4n) is 3.35. The quantitative estimate of drug-likeness (QED) is 0.763. The van der Waals surface area contributed by atoms with Crippen molar-refractivity contribution in [2.45, 2.75) is 32.0 Å². The van der Waals surface area contributed by atoms with Crippen LogP contribution in [0.15, 0.2) is 48.7 Å². The first-order valence-electron chi connectivity index (χ1n) is 8.70.